The largest absolute Gasteiger partial charge is 0.481 e. The first-order valence-electron chi connectivity index (χ1n) is 10.9. The number of hydrogen-bond acceptors (Lipinski definition) is 5. The lowest BCUT2D eigenvalue weighted by atomic mass is 10.1. The molecule has 14 heteroatoms. The predicted octanol–water partition coefficient (Wildman–Crippen LogP) is 5.55. The first-order chi connectivity index (χ1) is 17.2. The first-order valence-corrected chi connectivity index (χ1v) is 10.9. The summed E-state index contributed by atoms with van der Waals surface area (Å²) in [4.78, 5) is 30.1. The van der Waals surface area contributed by atoms with Gasteiger partial charge in [0.05, 0.1) is 30.6 Å². The third-order valence-corrected chi connectivity index (χ3v) is 5.24. The number of carbonyl (C=O) groups is 2. The van der Waals surface area contributed by atoms with Crippen molar-refractivity contribution in [3.8, 4) is 11.6 Å². The molecule has 204 valence electrons. The molecule has 1 aromatic carbocycles. The van der Waals surface area contributed by atoms with Crippen molar-refractivity contribution in [3.63, 3.8) is 0 Å². The van der Waals surface area contributed by atoms with Crippen LogP contribution in [0.25, 0.3) is 0 Å². The maximum absolute atomic E-state index is 14.9. The summed E-state index contributed by atoms with van der Waals surface area (Å²) in [6.45, 7) is 4.16. The molecular formula is C23H26F6N4O4. The Kier molecular flexibility index (Phi) is 9.59. The van der Waals surface area contributed by atoms with Crippen molar-refractivity contribution in [1.29, 1.82) is 0 Å². The lowest BCUT2D eigenvalue weighted by molar-refractivity contribution is -0.189. The zero-order chi connectivity index (χ0) is 28.1. The van der Waals surface area contributed by atoms with E-state index < -0.39 is 60.0 Å². The van der Waals surface area contributed by atoms with E-state index in [-0.39, 0.29) is 18.1 Å². The quantitative estimate of drug-likeness (QED) is 0.410. The van der Waals surface area contributed by atoms with Crippen LogP contribution in [0.4, 0.5) is 42.5 Å². The van der Waals surface area contributed by atoms with Gasteiger partial charge in [-0.2, -0.15) is 13.2 Å². The number of methoxy groups -OCH3 is 1. The first kappa shape index (κ1) is 29.5. The molecular weight excluding hydrogens is 510 g/mol. The smallest absolute Gasteiger partial charge is 0.425 e. The second kappa shape index (κ2) is 12.0. The molecule has 2 rings (SSSR count). The number of aryl methyl sites for hydroxylation is 1. The number of amides is 3. The van der Waals surface area contributed by atoms with Gasteiger partial charge in [0.1, 0.15) is 11.6 Å². The number of urea groups is 1. The number of rotatable bonds is 9. The summed E-state index contributed by atoms with van der Waals surface area (Å²) in [5.74, 6) is -2.75. The van der Waals surface area contributed by atoms with Gasteiger partial charge in [-0.25, -0.2) is 22.9 Å². The standard InChI is InChI=1S/C23H26F6N4O4/c1-6-33(10-18(25)26)22(35)31-16-8-17(37-13(4)23(27,28)29)14(7-15(16)24)20(34)32-19-11(2)9-30-21(36-5)12(19)3/h7-9,13,18H,6,10H2,1-5H3,(H,31,35)(H,30,32,34). The average Bonchev–Trinajstić information content (AvgIpc) is 2.81. The zero-order valence-electron chi connectivity index (χ0n) is 20.6. The van der Waals surface area contributed by atoms with E-state index in [4.69, 9.17) is 9.47 Å². The third-order valence-electron chi connectivity index (χ3n) is 5.24. The van der Waals surface area contributed by atoms with Crippen LogP contribution in [0.5, 0.6) is 11.6 Å². The van der Waals surface area contributed by atoms with Gasteiger partial charge < -0.3 is 25.0 Å². The fraction of sp³-hybridized carbons (Fsp3) is 0.435. The molecule has 8 nitrogen and oxygen atoms in total. The van der Waals surface area contributed by atoms with Crippen molar-refractivity contribution in [2.45, 2.75) is 46.4 Å². The molecule has 0 aliphatic rings. The van der Waals surface area contributed by atoms with E-state index in [1.807, 2.05) is 5.32 Å². The molecule has 0 bridgehead atoms. The van der Waals surface area contributed by atoms with E-state index in [1.165, 1.54) is 20.2 Å². The molecule has 1 aromatic heterocycles. The van der Waals surface area contributed by atoms with E-state index in [0.29, 0.717) is 35.1 Å². The molecule has 0 aliphatic heterocycles. The van der Waals surface area contributed by atoms with Crippen LogP contribution in [0.2, 0.25) is 0 Å². The molecule has 1 unspecified atom stereocenters. The highest BCUT2D eigenvalue weighted by molar-refractivity contribution is 6.07. The number of benzene rings is 1. The maximum Gasteiger partial charge on any atom is 0.425 e. The van der Waals surface area contributed by atoms with E-state index in [1.54, 1.807) is 13.8 Å². The minimum atomic E-state index is -4.84. The molecule has 0 saturated carbocycles. The van der Waals surface area contributed by atoms with Gasteiger partial charge in [-0.15, -0.1) is 0 Å². The number of nitrogens with zero attached hydrogens (tertiary/aromatic N) is 2. The summed E-state index contributed by atoms with van der Waals surface area (Å²) in [6, 6.07) is 0.146. The number of pyridine rings is 1. The Hall–Kier alpha value is -3.71. The molecule has 37 heavy (non-hydrogen) atoms. The highest BCUT2D eigenvalue weighted by atomic mass is 19.4. The molecule has 2 aromatic rings. The molecule has 0 aliphatic carbocycles. The maximum atomic E-state index is 14.9. The molecule has 0 radical (unpaired) electrons. The van der Waals surface area contributed by atoms with Crippen molar-refractivity contribution < 1.29 is 45.4 Å². The van der Waals surface area contributed by atoms with Crippen molar-refractivity contribution in [3.05, 3.63) is 40.8 Å². The third kappa shape index (κ3) is 7.40. The van der Waals surface area contributed by atoms with E-state index in [9.17, 15) is 35.9 Å². The second-order valence-corrected chi connectivity index (χ2v) is 7.89. The van der Waals surface area contributed by atoms with Gasteiger partial charge in [0.15, 0.2) is 6.10 Å². The van der Waals surface area contributed by atoms with Gasteiger partial charge in [0, 0.05) is 24.4 Å². The SMILES string of the molecule is CCN(CC(F)F)C(=O)Nc1cc(OC(C)C(F)(F)F)c(C(=O)Nc2c(C)cnc(OC)c2C)cc1F. The molecule has 0 spiro atoms. The molecule has 1 heterocycles. The molecule has 0 saturated heterocycles. The highest BCUT2D eigenvalue weighted by Crippen LogP contribution is 2.33. The number of alkyl halides is 5. The van der Waals surface area contributed by atoms with E-state index in [0.717, 1.165) is 0 Å². The number of anilines is 2. The number of halogens is 6. The molecule has 0 fully saturated rings. The van der Waals surface area contributed by atoms with Crippen LogP contribution in [0, 0.1) is 19.7 Å². The Bertz CT molecular complexity index is 1140. The van der Waals surface area contributed by atoms with Crippen LogP contribution in [-0.4, -0.2) is 60.7 Å². The van der Waals surface area contributed by atoms with Crippen molar-refractivity contribution >= 4 is 23.3 Å². The summed E-state index contributed by atoms with van der Waals surface area (Å²) in [7, 11) is 1.35. The molecule has 3 amide bonds. The van der Waals surface area contributed by atoms with Crippen LogP contribution in [0.1, 0.15) is 35.3 Å². The van der Waals surface area contributed by atoms with Gasteiger partial charge >= 0.3 is 12.2 Å². The van der Waals surface area contributed by atoms with Crippen LogP contribution in [0.15, 0.2) is 18.3 Å². The number of aromatic nitrogens is 1. The van der Waals surface area contributed by atoms with E-state index in [2.05, 4.69) is 10.3 Å². The molecule has 1 atom stereocenters. The summed E-state index contributed by atoms with van der Waals surface area (Å²) >= 11 is 0. The minimum absolute atomic E-state index is 0.152. The van der Waals surface area contributed by atoms with Gasteiger partial charge in [-0.1, -0.05) is 0 Å². The van der Waals surface area contributed by atoms with Gasteiger partial charge in [0.2, 0.25) is 5.88 Å². The van der Waals surface area contributed by atoms with Gasteiger partial charge in [-0.05, 0) is 39.3 Å². The van der Waals surface area contributed by atoms with Crippen LogP contribution < -0.4 is 20.1 Å². The Morgan fingerprint density at radius 2 is 1.81 bits per heavy atom. The summed E-state index contributed by atoms with van der Waals surface area (Å²) in [6.07, 6.45) is -8.73. The van der Waals surface area contributed by atoms with Crippen LogP contribution in [0.3, 0.4) is 0 Å². The fourth-order valence-electron chi connectivity index (χ4n) is 3.20. The van der Waals surface area contributed by atoms with E-state index >= 15 is 0 Å². The summed E-state index contributed by atoms with van der Waals surface area (Å²) in [5.41, 5.74) is -0.154. The Morgan fingerprint density at radius 1 is 1.16 bits per heavy atom. The lowest BCUT2D eigenvalue weighted by Crippen LogP contribution is -2.38. The number of carbonyl (C=O) groups excluding carboxylic acids is 2. The van der Waals surface area contributed by atoms with Gasteiger partial charge in [0.25, 0.3) is 12.3 Å². The monoisotopic (exact) mass is 536 g/mol. The Morgan fingerprint density at radius 3 is 2.35 bits per heavy atom. The Labute approximate surface area is 208 Å². The lowest BCUT2D eigenvalue weighted by Gasteiger charge is -2.23. The number of hydrogen-bond donors (Lipinski definition) is 2. The fourth-order valence-corrected chi connectivity index (χ4v) is 3.20. The number of nitrogens with one attached hydrogen (secondary N) is 2. The van der Waals surface area contributed by atoms with Crippen molar-refractivity contribution in [2.75, 3.05) is 30.8 Å². The zero-order valence-corrected chi connectivity index (χ0v) is 20.6. The van der Waals surface area contributed by atoms with Gasteiger partial charge in [-0.3, -0.25) is 4.79 Å². The topological polar surface area (TPSA) is 92.8 Å². The summed E-state index contributed by atoms with van der Waals surface area (Å²) < 4.78 is 90.0. The Balaban J connectivity index is 2.50. The van der Waals surface area contributed by atoms with Crippen molar-refractivity contribution in [2.24, 2.45) is 0 Å². The average molecular weight is 536 g/mol. The minimum Gasteiger partial charge on any atom is -0.481 e. The number of ether oxygens (including phenoxy) is 2. The van der Waals surface area contributed by atoms with Crippen LogP contribution in [-0.2, 0) is 0 Å². The second-order valence-electron chi connectivity index (χ2n) is 7.89. The predicted molar refractivity (Wildman–Crippen MR) is 123 cm³/mol. The van der Waals surface area contributed by atoms with Crippen LogP contribution >= 0.6 is 0 Å². The van der Waals surface area contributed by atoms with Crippen molar-refractivity contribution in [1.82, 2.24) is 9.88 Å². The highest BCUT2D eigenvalue weighted by Gasteiger charge is 2.39. The normalized spacial score (nSPS) is 12.2. The molecule has 2 N–H and O–H groups in total. The summed E-state index contributed by atoms with van der Waals surface area (Å²) in [5, 5.41) is 4.52.